The Morgan fingerprint density at radius 2 is 1.86 bits per heavy atom. The molecule has 1 saturated heterocycles. The van der Waals surface area contributed by atoms with Crippen LogP contribution >= 0.6 is 0 Å². The number of carbonyl (C=O) groups excluding carboxylic acids is 2. The number of ether oxygens (including phenoxy) is 1. The second-order valence-electron chi connectivity index (χ2n) is 9.14. The molecule has 0 N–H and O–H groups in total. The average Bonchev–Trinajstić information content (AvgIpc) is 2.58. The van der Waals surface area contributed by atoms with E-state index in [4.69, 9.17) is 9.16 Å². The maximum atomic E-state index is 13.2. The van der Waals surface area contributed by atoms with Gasteiger partial charge in [0, 0.05) is 12.5 Å². The third kappa shape index (κ3) is 5.45. The van der Waals surface area contributed by atoms with E-state index < -0.39 is 20.9 Å². The fraction of sp³-hybridized carbons (Fsp3) is 0.636. The number of ketones is 1. The minimum absolute atomic E-state index is 0.0339. The van der Waals surface area contributed by atoms with Gasteiger partial charge in [-0.05, 0) is 43.8 Å². The standard InChI is InChI=1S/C22H35NO4Si/c1-17(24)15-22(27-28(5)6)19(21(2,3)4)13-10-14-23(22)20(25)26-16-18-11-8-7-9-12-18/h7-9,11-12,19,28H,10,13-16H2,1-6H3/t19-,22+/m1/s1. The molecule has 0 saturated carbocycles. The predicted molar refractivity (Wildman–Crippen MR) is 114 cm³/mol. The molecule has 0 unspecified atom stereocenters. The van der Waals surface area contributed by atoms with E-state index in [1.165, 1.54) is 0 Å². The highest BCUT2D eigenvalue weighted by molar-refractivity contribution is 6.48. The summed E-state index contributed by atoms with van der Waals surface area (Å²) in [6.45, 7) is 13.0. The molecule has 0 radical (unpaired) electrons. The number of Topliss-reactive ketones (excluding diaryl/α,β-unsaturated/α-hetero) is 1. The van der Waals surface area contributed by atoms with Gasteiger partial charge in [0.15, 0.2) is 9.04 Å². The van der Waals surface area contributed by atoms with Gasteiger partial charge >= 0.3 is 6.09 Å². The topological polar surface area (TPSA) is 55.8 Å². The molecule has 28 heavy (non-hydrogen) atoms. The molecule has 0 aliphatic carbocycles. The Morgan fingerprint density at radius 3 is 2.39 bits per heavy atom. The van der Waals surface area contributed by atoms with Crippen LogP contribution in [0.4, 0.5) is 4.79 Å². The van der Waals surface area contributed by atoms with Crippen molar-refractivity contribution in [3.05, 3.63) is 35.9 Å². The molecule has 6 heteroatoms. The summed E-state index contributed by atoms with van der Waals surface area (Å²) in [5.74, 6) is 0.100. The first kappa shape index (κ1) is 22.6. The number of piperidine rings is 1. The van der Waals surface area contributed by atoms with Gasteiger partial charge in [0.1, 0.15) is 18.1 Å². The van der Waals surface area contributed by atoms with Crippen LogP contribution in [-0.4, -0.2) is 38.1 Å². The zero-order chi connectivity index (χ0) is 20.9. The van der Waals surface area contributed by atoms with Crippen LogP contribution in [0.2, 0.25) is 13.1 Å². The van der Waals surface area contributed by atoms with E-state index in [-0.39, 0.29) is 30.1 Å². The van der Waals surface area contributed by atoms with Gasteiger partial charge in [-0.25, -0.2) is 4.79 Å². The number of rotatable bonds is 6. The van der Waals surface area contributed by atoms with E-state index in [1.54, 1.807) is 11.8 Å². The molecule has 0 spiro atoms. The molecule has 1 aliphatic heterocycles. The molecule has 1 heterocycles. The van der Waals surface area contributed by atoms with Gasteiger partial charge in [-0.3, -0.25) is 9.69 Å². The van der Waals surface area contributed by atoms with Gasteiger partial charge in [-0.1, -0.05) is 51.1 Å². The first-order chi connectivity index (χ1) is 13.1. The minimum Gasteiger partial charge on any atom is -0.444 e. The van der Waals surface area contributed by atoms with Gasteiger partial charge in [0.05, 0.1) is 6.42 Å². The number of carbonyl (C=O) groups is 2. The number of hydrogen-bond donors (Lipinski definition) is 0. The summed E-state index contributed by atoms with van der Waals surface area (Å²) < 4.78 is 12.2. The first-order valence-electron chi connectivity index (χ1n) is 10.2. The number of likely N-dealkylation sites (tertiary alicyclic amines) is 1. The van der Waals surface area contributed by atoms with Gasteiger partial charge in [-0.15, -0.1) is 0 Å². The van der Waals surface area contributed by atoms with Crippen molar-refractivity contribution in [2.45, 2.75) is 72.4 Å². The summed E-state index contributed by atoms with van der Waals surface area (Å²) in [4.78, 5) is 27.1. The van der Waals surface area contributed by atoms with Gasteiger partial charge in [0.2, 0.25) is 0 Å². The molecule has 1 amide bonds. The molecule has 1 aliphatic rings. The van der Waals surface area contributed by atoms with Gasteiger partial charge < -0.3 is 9.16 Å². The molecule has 0 bridgehead atoms. The average molecular weight is 406 g/mol. The summed E-state index contributed by atoms with van der Waals surface area (Å²) in [6, 6.07) is 9.65. The van der Waals surface area contributed by atoms with E-state index >= 15 is 0 Å². The van der Waals surface area contributed by atoms with Crippen LogP contribution < -0.4 is 0 Å². The largest absolute Gasteiger partial charge is 0.444 e. The highest BCUT2D eigenvalue weighted by Crippen LogP contribution is 2.47. The molecule has 156 valence electrons. The molecule has 2 atom stereocenters. The van der Waals surface area contributed by atoms with Crippen LogP contribution in [0.5, 0.6) is 0 Å². The van der Waals surface area contributed by atoms with E-state index in [2.05, 4.69) is 33.9 Å². The van der Waals surface area contributed by atoms with Crippen molar-refractivity contribution < 1.29 is 18.8 Å². The highest BCUT2D eigenvalue weighted by atomic mass is 28.3. The summed E-state index contributed by atoms with van der Waals surface area (Å²) in [5.41, 5.74) is -0.0790. The molecular weight excluding hydrogens is 370 g/mol. The fourth-order valence-electron chi connectivity index (χ4n) is 4.38. The first-order valence-corrected chi connectivity index (χ1v) is 13.0. The fourth-order valence-corrected chi connectivity index (χ4v) is 5.57. The van der Waals surface area contributed by atoms with Crippen molar-refractivity contribution in [3.63, 3.8) is 0 Å². The summed E-state index contributed by atoms with van der Waals surface area (Å²) >= 11 is 0. The van der Waals surface area contributed by atoms with Crippen LogP contribution in [0.25, 0.3) is 0 Å². The van der Waals surface area contributed by atoms with Crippen molar-refractivity contribution in [3.8, 4) is 0 Å². The van der Waals surface area contributed by atoms with E-state index in [0.717, 1.165) is 18.4 Å². The molecular formula is C22H35NO4Si. The van der Waals surface area contributed by atoms with E-state index in [0.29, 0.717) is 6.54 Å². The lowest BCUT2D eigenvalue weighted by Gasteiger charge is -2.55. The Labute approximate surface area is 171 Å². The second-order valence-corrected chi connectivity index (χ2v) is 11.5. The quantitative estimate of drug-likeness (QED) is 0.641. The third-order valence-corrected chi connectivity index (χ3v) is 6.17. The number of hydrogen-bond acceptors (Lipinski definition) is 4. The van der Waals surface area contributed by atoms with Crippen LogP contribution in [0.15, 0.2) is 30.3 Å². The van der Waals surface area contributed by atoms with Crippen molar-refractivity contribution in [2.24, 2.45) is 11.3 Å². The Hall–Kier alpha value is -1.66. The number of benzene rings is 1. The summed E-state index contributed by atoms with van der Waals surface area (Å²) in [6.07, 6.45) is 1.63. The van der Waals surface area contributed by atoms with E-state index in [1.807, 2.05) is 30.3 Å². The van der Waals surface area contributed by atoms with Crippen LogP contribution in [0, 0.1) is 11.3 Å². The molecule has 0 aromatic heterocycles. The zero-order valence-electron chi connectivity index (χ0n) is 18.2. The van der Waals surface area contributed by atoms with Crippen LogP contribution in [-0.2, 0) is 20.6 Å². The maximum absolute atomic E-state index is 13.2. The van der Waals surface area contributed by atoms with Crippen LogP contribution in [0.1, 0.15) is 52.5 Å². The molecule has 2 rings (SSSR count). The number of amides is 1. The SMILES string of the molecule is CC(=O)C[C@]1(O[SiH](C)C)[C@@H](C(C)(C)C)CCCN1C(=O)OCc1ccccc1. The smallest absolute Gasteiger partial charge is 0.412 e. The Balaban J connectivity index is 2.36. The highest BCUT2D eigenvalue weighted by Gasteiger charge is 2.54. The normalized spacial score (nSPS) is 23.0. The third-order valence-electron chi connectivity index (χ3n) is 5.29. The van der Waals surface area contributed by atoms with Crippen LogP contribution in [0.3, 0.4) is 0 Å². The Kier molecular flexibility index (Phi) is 7.45. The maximum Gasteiger partial charge on any atom is 0.412 e. The summed E-state index contributed by atoms with van der Waals surface area (Å²) in [5, 5.41) is 0. The number of nitrogens with zero attached hydrogens (tertiary/aromatic N) is 1. The molecule has 1 fully saturated rings. The van der Waals surface area contributed by atoms with Crippen molar-refractivity contribution >= 4 is 20.9 Å². The lowest BCUT2D eigenvalue weighted by atomic mass is 9.68. The van der Waals surface area contributed by atoms with E-state index in [9.17, 15) is 9.59 Å². The monoisotopic (exact) mass is 405 g/mol. The van der Waals surface area contributed by atoms with Crippen molar-refractivity contribution in [1.29, 1.82) is 0 Å². The summed E-state index contributed by atoms with van der Waals surface area (Å²) in [7, 11) is -1.54. The Bertz CT molecular complexity index is 671. The molecule has 5 nitrogen and oxygen atoms in total. The minimum atomic E-state index is -1.54. The molecule has 1 aromatic rings. The predicted octanol–water partition coefficient (Wildman–Crippen LogP) is 4.76. The lowest BCUT2D eigenvalue weighted by Crippen LogP contribution is -2.65. The molecule has 1 aromatic carbocycles. The Morgan fingerprint density at radius 1 is 1.21 bits per heavy atom. The zero-order valence-corrected chi connectivity index (χ0v) is 19.3. The lowest BCUT2D eigenvalue weighted by molar-refractivity contribution is -0.174. The van der Waals surface area contributed by atoms with Crippen molar-refractivity contribution in [1.82, 2.24) is 4.90 Å². The van der Waals surface area contributed by atoms with Gasteiger partial charge in [-0.2, -0.15) is 0 Å². The van der Waals surface area contributed by atoms with Gasteiger partial charge in [0.25, 0.3) is 0 Å². The van der Waals surface area contributed by atoms with Crippen molar-refractivity contribution in [2.75, 3.05) is 6.54 Å². The second kappa shape index (κ2) is 9.22.